The second-order valence-electron chi connectivity index (χ2n) is 6.16. The van der Waals surface area contributed by atoms with Gasteiger partial charge in [-0.05, 0) is 23.8 Å². The van der Waals surface area contributed by atoms with E-state index in [-0.39, 0.29) is 18.5 Å². The minimum absolute atomic E-state index is 0.0983. The molecule has 1 amide bonds. The van der Waals surface area contributed by atoms with Gasteiger partial charge >= 0.3 is 0 Å². The van der Waals surface area contributed by atoms with Crippen molar-refractivity contribution in [2.45, 2.75) is 6.92 Å². The first kappa shape index (κ1) is 17.1. The highest BCUT2D eigenvalue weighted by molar-refractivity contribution is 6.02. The van der Waals surface area contributed by atoms with Gasteiger partial charge in [-0.1, -0.05) is 18.2 Å². The molecule has 138 valence electrons. The van der Waals surface area contributed by atoms with E-state index >= 15 is 0 Å². The van der Waals surface area contributed by atoms with Gasteiger partial charge in [0, 0.05) is 42.5 Å². The number of carbonyl (C=O) groups excluding carboxylic acids is 1. The topological polar surface area (TPSA) is 72.5 Å². The highest BCUT2D eigenvalue weighted by atomic mass is 19.1. The maximum absolute atomic E-state index is 14.7. The largest absolute Gasteiger partial charge is 0.454 e. The van der Waals surface area contributed by atoms with Crippen LogP contribution in [-0.2, 0) is 4.79 Å². The maximum Gasteiger partial charge on any atom is 0.231 e. The minimum Gasteiger partial charge on any atom is -0.454 e. The minimum atomic E-state index is -0.326. The lowest BCUT2D eigenvalue weighted by Crippen LogP contribution is -2.26. The van der Waals surface area contributed by atoms with Crippen LogP contribution in [0.2, 0.25) is 0 Å². The van der Waals surface area contributed by atoms with Crippen LogP contribution in [0.1, 0.15) is 6.92 Å². The van der Waals surface area contributed by atoms with Gasteiger partial charge < -0.3 is 20.1 Å². The second-order valence-corrected chi connectivity index (χ2v) is 6.16. The van der Waals surface area contributed by atoms with Crippen molar-refractivity contribution in [3.8, 4) is 22.6 Å². The monoisotopic (exact) mass is 367 g/mol. The van der Waals surface area contributed by atoms with Crippen LogP contribution in [0.3, 0.4) is 0 Å². The summed E-state index contributed by atoms with van der Waals surface area (Å²) in [4.78, 5) is 15.4. The molecule has 2 N–H and O–H groups in total. The predicted octanol–water partition coefficient (Wildman–Crippen LogP) is 3.32. The molecule has 6 nitrogen and oxygen atoms in total. The molecular weight excluding hydrogens is 349 g/mol. The Bertz CT molecular complexity index is 1020. The van der Waals surface area contributed by atoms with Crippen LogP contribution in [-0.4, -0.2) is 30.8 Å². The van der Waals surface area contributed by atoms with Crippen molar-refractivity contribution in [2.75, 3.05) is 25.2 Å². The van der Waals surface area contributed by atoms with E-state index in [0.29, 0.717) is 46.7 Å². The number of hydrogen-bond acceptors (Lipinski definition) is 5. The number of halogens is 1. The van der Waals surface area contributed by atoms with E-state index in [1.807, 2.05) is 24.3 Å². The fourth-order valence-corrected chi connectivity index (χ4v) is 3.10. The molecule has 3 aromatic rings. The predicted molar refractivity (Wildman–Crippen MR) is 100 cm³/mol. The van der Waals surface area contributed by atoms with Crippen molar-refractivity contribution >= 4 is 22.5 Å². The first-order valence-electron chi connectivity index (χ1n) is 8.59. The number of hydrogen-bond donors (Lipinski definition) is 2. The van der Waals surface area contributed by atoms with Gasteiger partial charge in [-0.15, -0.1) is 0 Å². The smallest absolute Gasteiger partial charge is 0.231 e. The van der Waals surface area contributed by atoms with Gasteiger partial charge in [-0.3, -0.25) is 4.79 Å². The van der Waals surface area contributed by atoms with E-state index in [9.17, 15) is 9.18 Å². The number of fused-ring (bicyclic) bond motifs is 2. The lowest BCUT2D eigenvalue weighted by molar-refractivity contribution is -0.118. The van der Waals surface area contributed by atoms with E-state index in [2.05, 4.69) is 15.6 Å². The Morgan fingerprint density at radius 2 is 2.04 bits per heavy atom. The zero-order valence-electron chi connectivity index (χ0n) is 14.7. The first-order valence-corrected chi connectivity index (χ1v) is 8.59. The normalized spacial score (nSPS) is 12.2. The van der Waals surface area contributed by atoms with Crippen molar-refractivity contribution in [1.82, 2.24) is 10.3 Å². The van der Waals surface area contributed by atoms with Gasteiger partial charge in [0.15, 0.2) is 11.5 Å². The Morgan fingerprint density at radius 1 is 1.19 bits per heavy atom. The highest BCUT2D eigenvalue weighted by Gasteiger charge is 2.17. The van der Waals surface area contributed by atoms with Gasteiger partial charge in [0.2, 0.25) is 12.7 Å². The van der Waals surface area contributed by atoms with E-state index in [0.717, 1.165) is 5.56 Å². The van der Waals surface area contributed by atoms with Gasteiger partial charge in [0.25, 0.3) is 0 Å². The third kappa shape index (κ3) is 3.36. The number of nitrogens with zero attached hydrogens (tertiary/aromatic N) is 1. The number of carbonyl (C=O) groups is 1. The zero-order chi connectivity index (χ0) is 18.8. The fraction of sp³-hybridized carbons (Fsp3) is 0.200. The lowest BCUT2D eigenvalue weighted by atomic mass is 9.99. The molecule has 0 radical (unpaired) electrons. The molecule has 27 heavy (non-hydrogen) atoms. The summed E-state index contributed by atoms with van der Waals surface area (Å²) >= 11 is 0. The molecule has 0 bridgehead atoms. The molecule has 0 aliphatic carbocycles. The Balaban J connectivity index is 1.72. The summed E-state index contributed by atoms with van der Waals surface area (Å²) in [5.41, 5.74) is 1.47. The number of aromatic nitrogens is 1. The van der Waals surface area contributed by atoms with Gasteiger partial charge in [-0.25, -0.2) is 9.37 Å². The molecule has 1 aromatic heterocycles. The van der Waals surface area contributed by atoms with E-state index in [1.54, 1.807) is 12.3 Å². The van der Waals surface area contributed by atoms with Crippen LogP contribution in [0.15, 0.2) is 42.6 Å². The number of pyridine rings is 1. The number of anilines is 1. The van der Waals surface area contributed by atoms with Crippen LogP contribution in [0.25, 0.3) is 21.9 Å². The standard InChI is InChI=1S/C20H18FN3O3/c1-12(25)22-7-8-23-20-14-3-2-4-16(21)19(14)15(10-24-20)13-5-6-17-18(9-13)27-11-26-17/h2-6,9-10H,7-8,11H2,1H3,(H,22,25)(H,23,24). The maximum atomic E-state index is 14.7. The second kappa shape index (κ2) is 7.11. The van der Waals surface area contributed by atoms with Crippen LogP contribution in [0, 0.1) is 5.82 Å². The van der Waals surface area contributed by atoms with Crippen molar-refractivity contribution < 1.29 is 18.7 Å². The molecule has 1 aliphatic rings. The van der Waals surface area contributed by atoms with Crippen molar-refractivity contribution in [1.29, 1.82) is 0 Å². The number of benzene rings is 2. The summed E-state index contributed by atoms with van der Waals surface area (Å²) in [6.45, 7) is 2.59. The Labute approximate surface area is 155 Å². The third-order valence-electron chi connectivity index (χ3n) is 4.34. The lowest BCUT2D eigenvalue weighted by Gasteiger charge is -2.13. The molecule has 0 fully saturated rings. The summed E-state index contributed by atoms with van der Waals surface area (Å²) in [5.74, 6) is 1.45. The van der Waals surface area contributed by atoms with Crippen LogP contribution in [0.4, 0.5) is 10.2 Å². The van der Waals surface area contributed by atoms with E-state index < -0.39 is 0 Å². The highest BCUT2D eigenvalue weighted by Crippen LogP contribution is 2.39. The summed E-state index contributed by atoms with van der Waals surface area (Å²) < 4.78 is 25.5. The number of ether oxygens (including phenoxy) is 2. The summed E-state index contributed by atoms with van der Waals surface area (Å²) in [6.07, 6.45) is 1.64. The molecule has 2 aromatic carbocycles. The fourth-order valence-electron chi connectivity index (χ4n) is 3.10. The van der Waals surface area contributed by atoms with Gasteiger partial charge in [0.1, 0.15) is 11.6 Å². The summed E-state index contributed by atoms with van der Waals surface area (Å²) in [7, 11) is 0. The number of rotatable bonds is 5. The molecule has 7 heteroatoms. The van der Waals surface area contributed by atoms with Crippen LogP contribution < -0.4 is 20.1 Å². The van der Waals surface area contributed by atoms with Gasteiger partial charge in [0.05, 0.1) is 0 Å². The molecule has 0 atom stereocenters. The van der Waals surface area contributed by atoms with Gasteiger partial charge in [-0.2, -0.15) is 0 Å². The van der Waals surface area contributed by atoms with E-state index in [4.69, 9.17) is 9.47 Å². The van der Waals surface area contributed by atoms with Crippen LogP contribution in [0.5, 0.6) is 11.5 Å². The molecule has 0 spiro atoms. The average Bonchev–Trinajstić information content (AvgIpc) is 3.13. The Hall–Kier alpha value is -3.35. The molecular formula is C20H18FN3O3. The molecule has 0 saturated heterocycles. The van der Waals surface area contributed by atoms with E-state index in [1.165, 1.54) is 13.0 Å². The third-order valence-corrected chi connectivity index (χ3v) is 4.34. The molecule has 0 unspecified atom stereocenters. The number of nitrogens with one attached hydrogen (secondary N) is 2. The van der Waals surface area contributed by atoms with Crippen molar-refractivity contribution in [3.63, 3.8) is 0 Å². The van der Waals surface area contributed by atoms with Crippen molar-refractivity contribution in [2.24, 2.45) is 0 Å². The first-order chi connectivity index (χ1) is 13.1. The summed E-state index contributed by atoms with van der Waals surface area (Å²) in [5, 5.41) is 7.01. The van der Waals surface area contributed by atoms with Crippen molar-refractivity contribution in [3.05, 3.63) is 48.4 Å². The molecule has 0 saturated carbocycles. The Morgan fingerprint density at radius 3 is 2.89 bits per heavy atom. The molecule has 2 heterocycles. The quantitative estimate of drug-likeness (QED) is 0.677. The Kier molecular flexibility index (Phi) is 4.50. The summed E-state index contributed by atoms with van der Waals surface area (Å²) in [6, 6.07) is 10.4. The molecule has 4 rings (SSSR count). The SMILES string of the molecule is CC(=O)NCCNc1ncc(-c2ccc3c(c2)OCO3)c2c(F)cccc12. The zero-order valence-corrected chi connectivity index (χ0v) is 14.7. The van der Waals surface area contributed by atoms with Crippen LogP contribution >= 0.6 is 0 Å². The average molecular weight is 367 g/mol. The number of amides is 1. The molecule has 1 aliphatic heterocycles.